The van der Waals surface area contributed by atoms with Crippen molar-refractivity contribution in [3.8, 4) is 0 Å². The number of fused-ring (bicyclic) bond motifs is 1. The van der Waals surface area contributed by atoms with Crippen LogP contribution in [0.4, 0.5) is 0 Å². The highest BCUT2D eigenvalue weighted by Gasteiger charge is 2.34. The van der Waals surface area contributed by atoms with E-state index in [0.29, 0.717) is 6.54 Å². The van der Waals surface area contributed by atoms with E-state index in [9.17, 15) is 9.90 Å². The third kappa shape index (κ3) is 2.41. The summed E-state index contributed by atoms with van der Waals surface area (Å²) in [6.07, 6.45) is 0. The lowest BCUT2D eigenvalue weighted by Gasteiger charge is -2.16. The first-order chi connectivity index (χ1) is 9.65. The summed E-state index contributed by atoms with van der Waals surface area (Å²) in [5.74, 6) is -0.676. The molecule has 104 valence electrons. The van der Waals surface area contributed by atoms with Crippen molar-refractivity contribution < 1.29 is 9.90 Å². The van der Waals surface area contributed by atoms with E-state index in [1.54, 1.807) is 0 Å². The predicted molar refractivity (Wildman–Crippen MR) is 79.5 cm³/mol. The fraction of sp³-hybridized carbons (Fsp3) is 0.353. The van der Waals surface area contributed by atoms with Gasteiger partial charge >= 0.3 is 5.97 Å². The van der Waals surface area contributed by atoms with Gasteiger partial charge in [0.2, 0.25) is 0 Å². The van der Waals surface area contributed by atoms with Crippen LogP contribution in [0.1, 0.15) is 12.5 Å². The Bertz CT molecular complexity index is 632. The fourth-order valence-electron chi connectivity index (χ4n) is 3.19. The molecular weight excluding hydrogens is 250 g/mol. The van der Waals surface area contributed by atoms with Crippen LogP contribution in [0.15, 0.2) is 42.5 Å². The Morgan fingerprint density at radius 3 is 2.70 bits per heavy atom. The Morgan fingerprint density at radius 1 is 1.20 bits per heavy atom. The molecule has 1 N–H and O–H groups in total. The molecule has 3 nitrogen and oxygen atoms in total. The number of aliphatic carboxylic acids is 1. The number of carboxylic acid groups (broad SMARTS) is 1. The van der Waals surface area contributed by atoms with Gasteiger partial charge in [-0.3, -0.25) is 9.69 Å². The Labute approximate surface area is 118 Å². The van der Waals surface area contributed by atoms with Gasteiger partial charge in [-0.1, -0.05) is 49.4 Å². The molecule has 3 heteroatoms. The van der Waals surface area contributed by atoms with Crippen LogP contribution in [0, 0.1) is 11.8 Å². The maximum Gasteiger partial charge on any atom is 0.308 e. The van der Waals surface area contributed by atoms with Gasteiger partial charge in [0.15, 0.2) is 0 Å². The molecule has 2 atom stereocenters. The Kier molecular flexibility index (Phi) is 3.45. The lowest BCUT2D eigenvalue weighted by molar-refractivity contribution is -0.142. The van der Waals surface area contributed by atoms with Gasteiger partial charge in [-0.2, -0.15) is 0 Å². The molecule has 1 fully saturated rings. The van der Waals surface area contributed by atoms with Crippen molar-refractivity contribution in [1.82, 2.24) is 4.90 Å². The molecule has 20 heavy (non-hydrogen) atoms. The van der Waals surface area contributed by atoms with Crippen LogP contribution in [-0.2, 0) is 11.3 Å². The summed E-state index contributed by atoms with van der Waals surface area (Å²) >= 11 is 0. The van der Waals surface area contributed by atoms with Crippen molar-refractivity contribution in [3.63, 3.8) is 0 Å². The highest BCUT2D eigenvalue weighted by Crippen LogP contribution is 2.27. The number of rotatable bonds is 3. The predicted octanol–water partition coefficient (Wildman–Crippen LogP) is 2.99. The van der Waals surface area contributed by atoms with Gasteiger partial charge in [-0.15, -0.1) is 0 Å². The van der Waals surface area contributed by atoms with E-state index in [1.807, 2.05) is 13.0 Å². The minimum atomic E-state index is -0.669. The van der Waals surface area contributed by atoms with Crippen molar-refractivity contribution >= 4 is 16.7 Å². The zero-order valence-electron chi connectivity index (χ0n) is 11.6. The minimum Gasteiger partial charge on any atom is -0.481 e. The Morgan fingerprint density at radius 2 is 1.95 bits per heavy atom. The third-order valence-corrected chi connectivity index (χ3v) is 4.28. The normalized spacial score (nSPS) is 23.2. The molecule has 1 aliphatic rings. The van der Waals surface area contributed by atoms with Crippen molar-refractivity contribution in [2.75, 3.05) is 13.1 Å². The third-order valence-electron chi connectivity index (χ3n) is 4.28. The molecule has 0 aliphatic carbocycles. The highest BCUT2D eigenvalue weighted by molar-refractivity contribution is 5.85. The molecule has 0 aromatic heterocycles. The van der Waals surface area contributed by atoms with Crippen LogP contribution in [0.5, 0.6) is 0 Å². The van der Waals surface area contributed by atoms with E-state index in [2.05, 4.69) is 41.3 Å². The Balaban J connectivity index is 1.82. The summed E-state index contributed by atoms with van der Waals surface area (Å²) in [5.41, 5.74) is 1.28. The minimum absolute atomic E-state index is 0.225. The van der Waals surface area contributed by atoms with E-state index in [0.717, 1.165) is 13.1 Å². The average molecular weight is 269 g/mol. The molecule has 0 amide bonds. The monoisotopic (exact) mass is 269 g/mol. The van der Waals surface area contributed by atoms with Crippen LogP contribution < -0.4 is 0 Å². The number of hydrogen-bond acceptors (Lipinski definition) is 2. The maximum atomic E-state index is 11.2. The molecular formula is C17H19NO2. The van der Waals surface area contributed by atoms with Gasteiger partial charge in [-0.25, -0.2) is 0 Å². The maximum absolute atomic E-state index is 11.2. The topological polar surface area (TPSA) is 40.5 Å². The van der Waals surface area contributed by atoms with Crippen LogP contribution in [0.2, 0.25) is 0 Å². The summed E-state index contributed by atoms with van der Waals surface area (Å²) in [7, 11) is 0. The average Bonchev–Trinajstić information content (AvgIpc) is 2.80. The molecule has 0 radical (unpaired) electrons. The quantitative estimate of drug-likeness (QED) is 0.931. The summed E-state index contributed by atoms with van der Waals surface area (Å²) in [5, 5.41) is 11.7. The number of carbonyl (C=O) groups is 1. The van der Waals surface area contributed by atoms with Gasteiger partial charge in [0.1, 0.15) is 0 Å². The van der Waals surface area contributed by atoms with E-state index in [-0.39, 0.29) is 11.8 Å². The lowest BCUT2D eigenvalue weighted by Crippen LogP contribution is -2.23. The summed E-state index contributed by atoms with van der Waals surface area (Å²) in [4.78, 5) is 13.5. The SMILES string of the molecule is C[C@@H]1CN(Cc2cccc3ccccc23)C[C@H]1C(=O)O. The lowest BCUT2D eigenvalue weighted by atomic mass is 9.99. The van der Waals surface area contributed by atoms with Crippen LogP contribution >= 0.6 is 0 Å². The molecule has 0 saturated carbocycles. The van der Waals surface area contributed by atoms with Crippen molar-refractivity contribution in [2.24, 2.45) is 11.8 Å². The highest BCUT2D eigenvalue weighted by atomic mass is 16.4. The zero-order valence-corrected chi connectivity index (χ0v) is 11.6. The van der Waals surface area contributed by atoms with Crippen molar-refractivity contribution in [2.45, 2.75) is 13.5 Å². The number of hydrogen-bond donors (Lipinski definition) is 1. The van der Waals surface area contributed by atoms with Gasteiger partial charge in [-0.05, 0) is 22.3 Å². The molecule has 3 rings (SSSR count). The first kappa shape index (κ1) is 13.1. The van der Waals surface area contributed by atoms with E-state index in [1.165, 1.54) is 16.3 Å². The number of likely N-dealkylation sites (tertiary alicyclic amines) is 1. The summed E-state index contributed by atoms with van der Waals surface area (Å²) in [6, 6.07) is 14.7. The second kappa shape index (κ2) is 5.25. The number of benzene rings is 2. The van der Waals surface area contributed by atoms with Gasteiger partial charge in [0, 0.05) is 19.6 Å². The van der Waals surface area contributed by atoms with Gasteiger partial charge < -0.3 is 5.11 Å². The number of carboxylic acids is 1. The Hall–Kier alpha value is -1.87. The fourth-order valence-corrected chi connectivity index (χ4v) is 3.19. The van der Waals surface area contributed by atoms with Crippen molar-refractivity contribution in [3.05, 3.63) is 48.0 Å². The van der Waals surface area contributed by atoms with Crippen LogP contribution in [0.3, 0.4) is 0 Å². The molecule has 1 saturated heterocycles. The van der Waals surface area contributed by atoms with Gasteiger partial charge in [0.05, 0.1) is 5.92 Å². The zero-order chi connectivity index (χ0) is 14.1. The summed E-state index contributed by atoms with van der Waals surface area (Å²) < 4.78 is 0. The second-order valence-corrected chi connectivity index (χ2v) is 5.75. The molecule has 2 aromatic carbocycles. The van der Waals surface area contributed by atoms with Crippen LogP contribution in [0.25, 0.3) is 10.8 Å². The smallest absolute Gasteiger partial charge is 0.308 e. The first-order valence-corrected chi connectivity index (χ1v) is 7.07. The summed E-state index contributed by atoms with van der Waals surface area (Å²) in [6.45, 7) is 4.37. The second-order valence-electron chi connectivity index (χ2n) is 5.75. The van der Waals surface area contributed by atoms with Crippen LogP contribution in [-0.4, -0.2) is 29.1 Å². The first-order valence-electron chi connectivity index (χ1n) is 7.07. The largest absolute Gasteiger partial charge is 0.481 e. The molecule has 1 heterocycles. The van der Waals surface area contributed by atoms with Gasteiger partial charge in [0.25, 0.3) is 0 Å². The van der Waals surface area contributed by atoms with Crippen molar-refractivity contribution in [1.29, 1.82) is 0 Å². The standard InChI is InChI=1S/C17H19NO2/c1-12-9-18(11-16(12)17(19)20)10-14-7-4-6-13-5-2-3-8-15(13)14/h2-8,12,16H,9-11H2,1H3,(H,19,20)/t12-,16-/m1/s1. The molecule has 2 aromatic rings. The number of nitrogens with zero attached hydrogens (tertiary/aromatic N) is 1. The van der Waals surface area contributed by atoms with E-state index in [4.69, 9.17) is 0 Å². The van der Waals surface area contributed by atoms with E-state index < -0.39 is 5.97 Å². The molecule has 0 spiro atoms. The molecule has 0 bridgehead atoms. The molecule has 0 unspecified atom stereocenters. The molecule has 1 aliphatic heterocycles. The van der Waals surface area contributed by atoms with E-state index >= 15 is 0 Å².